The van der Waals surface area contributed by atoms with Crippen LogP contribution in [0.2, 0.25) is 0 Å². The maximum absolute atomic E-state index is 12.2. The number of piperidine rings is 1. The first-order valence-corrected chi connectivity index (χ1v) is 7.98. The summed E-state index contributed by atoms with van der Waals surface area (Å²) in [5.41, 5.74) is 0. The van der Waals surface area contributed by atoms with E-state index in [-0.39, 0.29) is 24.0 Å². The van der Waals surface area contributed by atoms with Gasteiger partial charge in [0.25, 0.3) is 0 Å². The number of hydrogen-bond donors (Lipinski definition) is 2. The quantitative estimate of drug-likeness (QED) is 0.745. The number of nitrogens with zero attached hydrogens (tertiary/aromatic N) is 1. The van der Waals surface area contributed by atoms with Gasteiger partial charge in [0.2, 0.25) is 5.91 Å². The lowest BCUT2D eigenvalue weighted by Gasteiger charge is -2.32. The minimum absolute atomic E-state index is 0.0191. The van der Waals surface area contributed by atoms with E-state index < -0.39 is 0 Å². The van der Waals surface area contributed by atoms with Crippen LogP contribution in [-0.4, -0.2) is 56.2 Å². The molecule has 122 valence electrons. The van der Waals surface area contributed by atoms with Crippen molar-refractivity contribution < 1.29 is 14.3 Å². The first-order chi connectivity index (χ1) is 10.1. The Morgan fingerprint density at radius 2 is 2.14 bits per heavy atom. The lowest BCUT2D eigenvalue weighted by atomic mass is 9.97. The van der Waals surface area contributed by atoms with Gasteiger partial charge in [0.1, 0.15) is 0 Å². The van der Waals surface area contributed by atoms with Crippen LogP contribution in [0.3, 0.4) is 0 Å². The normalized spacial score (nSPS) is 20.0. The molecule has 1 aliphatic heterocycles. The Morgan fingerprint density at radius 3 is 2.76 bits per heavy atom. The smallest absolute Gasteiger partial charge is 0.317 e. The lowest BCUT2D eigenvalue weighted by molar-refractivity contribution is -0.125. The number of rotatable bonds is 7. The number of likely N-dealkylation sites (tertiary alicyclic amines) is 1. The van der Waals surface area contributed by atoms with Crippen molar-refractivity contribution in [2.75, 3.05) is 33.3 Å². The molecule has 0 saturated carbocycles. The molecular formula is C15H29N3O3. The van der Waals surface area contributed by atoms with Crippen LogP contribution < -0.4 is 10.6 Å². The van der Waals surface area contributed by atoms with Crippen molar-refractivity contribution in [1.82, 2.24) is 15.5 Å². The fourth-order valence-electron chi connectivity index (χ4n) is 2.69. The van der Waals surface area contributed by atoms with Crippen LogP contribution in [-0.2, 0) is 9.53 Å². The standard InChI is InChI=1S/C15H29N3O3/c1-4-7-13(21-5-2)10-17-15(20)18-9-6-8-12(11-18)14(19)16-3/h12-13H,4-11H2,1-3H3,(H,16,19)(H,17,20). The molecule has 0 spiro atoms. The van der Waals surface area contributed by atoms with E-state index in [0.717, 1.165) is 25.7 Å². The number of ether oxygens (including phenoxy) is 1. The van der Waals surface area contributed by atoms with Gasteiger partial charge in [-0.05, 0) is 26.2 Å². The third kappa shape index (κ3) is 5.91. The number of urea groups is 1. The van der Waals surface area contributed by atoms with E-state index in [0.29, 0.717) is 26.2 Å². The number of amides is 3. The molecular weight excluding hydrogens is 270 g/mol. The predicted molar refractivity (Wildman–Crippen MR) is 82.1 cm³/mol. The molecule has 2 N–H and O–H groups in total. The summed E-state index contributed by atoms with van der Waals surface area (Å²) in [5, 5.41) is 5.59. The van der Waals surface area contributed by atoms with Crippen molar-refractivity contribution in [3.05, 3.63) is 0 Å². The Hall–Kier alpha value is -1.30. The van der Waals surface area contributed by atoms with E-state index >= 15 is 0 Å². The summed E-state index contributed by atoms with van der Waals surface area (Å²) in [4.78, 5) is 25.6. The van der Waals surface area contributed by atoms with Crippen LogP contribution in [0.25, 0.3) is 0 Å². The maximum atomic E-state index is 12.2. The molecule has 1 saturated heterocycles. The Balaban J connectivity index is 2.41. The maximum Gasteiger partial charge on any atom is 0.317 e. The second-order valence-electron chi connectivity index (χ2n) is 5.45. The zero-order chi connectivity index (χ0) is 15.7. The highest BCUT2D eigenvalue weighted by Crippen LogP contribution is 2.16. The van der Waals surface area contributed by atoms with Gasteiger partial charge < -0.3 is 20.3 Å². The van der Waals surface area contributed by atoms with Gasteiger partial charge in [-0.15, -0.1) is 0 Å². The molecule has 1 heterocycles. The molecule has 1 fully saturated rings. The van der Waals surface area contributed by atoms with Gasteiger partial charge in [0.15, 0.2) is 0 Å². The van der Waals surface area contributed by atoms with E-state index in [2.05, 4.69) is 17.6 Å². The fourth-order valence-corrected chi connectivity index (χ4v) is 2.69. The van der Waals surface area contributed by atoms with E-state index in [1.165, 1.54) is 0 Å². The fraction of sp³-hybridized carbons (Fsp3) is 0.867. The zero-order valence-corrected chi connectivity index (χ0v) is 13.5. The largest absolute Gasteiger partial charge is 0.377 e. The van der Waals surface area contributed by atoms with Crippen LogP contribution in [0.15, 0.2) is 0 Å². The highest BCUT2D eigenvalue weighted by molar-refractivity contribution is 5.80. The van der Waals surface area contributed by atoms with Crippen LogP contribution in [0.1, 0.15) is 39.5 Å². The highest BCUT2D eigenvalue weighted by Gasteiger charge is 2.27. The summed E-state index contributed by atoms with van der Waals surface area (Å²) in [6.45, 7) is 6.46. The Morgan fingerprint density at radius 1 is 1.38 bits per heavy atom. The molecule has 0 aliphatic carbocycles. The van der Waals surface area contributed by atoms with Crippen LogP contribution in [0.4, 0.5) is 4.79 Å². The molecule has 6 nitrogen and oxygen atoms in total. The SMILES string of the molecule is CCCC(CNC(=O)N1CCCC(C(=O)NC)C1)OCC. The molecule has 2 unspecified atom stereocenters. The summed E-state index contributed by atoms with van der Waals surface area (Å²) >= 11 is 0. The van der Waals surface area contributed by atoms with Gasteiger partial charge in [-0.3, -0.25) is 4.79 Å². The molecule has 0 bridgehead atoms. The number of carbonyl (C=O) groups excluding carboxylic acids is 2. The Bertz CT molecular complexity index is 330. The molecule has 21 heavy (non-hydrogen) atoms. The van der Waals surface area contributed by atoms with E-state index in [9.17, 15) is 9.59 Å². The van der Waals surface area contributed by atoms with Crippen LogP contribution in [0, 0.1) is 5.92 Å². The molecule has 3 amide bonds. The second kappa shape index (κ2) is 9.60. The summed E-state index contributed by atoms with van der Waals surface area (Å²) in [6, 6.07) is -0.0931. The van der Waals surface area contributed by atoms with Crippen molar-refractivity contribution >= 4 is 11.9 Å². The van der Waals surface area contributed by atoms with E-state index in [1.807, 2.05) is 6.92 Å². The van der Waals surface area contributed by atoms with E-state index in [1.54, 1.807) is 11.9 Å². The van der Waals surface area contributed by atoms with Crippen LogP contribution >= 0.6 is 0 Å². The molecule has 0 aromatic carbocycles. The van der Waals surface area contributed by atoms with Gasteiger partial charge in [0, 0.05) is 33.3 Å². The lowest BCUT2D eigenvalue weighted by Crippen LogP contribution is -2.49. The molecule has 0 radical (unpaired) electrons. The average molecular weight is 299 g/mol. The van der Waals surface area contributed by atoms with Crippen molar-refractivity contribution in [2.45, 2.75) is 45.6 Å². The number of nitrogens with one attached hydrogen (secondary N) is 2. The van der Waals surface area contributed by atoms with Gasteiger partial charge in [-0.25, -0.2) is 4.79 Å². The van der Waals surface area contributed by atoms with Gasteiger partial charge >= 0.3 is 6.03 Å². The number of carbonyl (C=O) groups is 2. The summed E-state index contributed by atoms with van der Waals surface area (Å²) in [5.74, 6) is -0.0708. The molecule has 1 aliphatic rings. The minimum atomic E-state index is -0.0931. The van der Waals surface area contributed by atoms with Crippen molar-refractivity contribution in [1.29, 1.82) is 0 Å². The van der Waals surface area contributed by atoms with Gasteiger partial charge in [0.05, 0.1) is 12.0 Å². The third-order valence-corrected chi connectivity index (χ3v) is 3.82. The first kappa shape index (κ1) is 17.8. The topological polar surface area (TPSA) is 70.7 Å². The highest BCUT2D eigenvalue weighted by atomic mass is 16.5. The van der Waals surface area contributed by atoms with Crippen LogP contribution in [0.5, 0.6) is 0 Å². The second-order valence-corrected chi connectivity index (χ2v) is 5.45. The average Bonchev–Trinajstić information content (AvgIpc) is 2.52. The van der Waals surface area contributed by atoms with E-state index in [4.69, 9.17) is 4.74 Å². The first-order valence-electron chi connectivity index (χ1n) is 7.98. The monoisotopic (exact) mass is 299 g/mol. The molecule has 0 aromatic rings. The molecule has 1 rings (SSSR count). The number of hydrogen-bond acceptors (Lipinski definition) is 3. The summed E-state index contributed by atoms with van der Waals surface area (Å²) in [6.07, 6.45) is 3.76. The Labute approximate surface area is 127 Å². The van der Waals surface area contributed by atoms with Gasteiger partial charge in [-0.1, -0.05) is 13.3 Å². The zero-order valence-electron chi connectivity index (χ0n) is 13.5. The minimum Gasteiger partial charge on any atom is -0.377 e. The third-order valence-electron chi connectivity index (χ3n) is 3.82. The predicted octanol–water partition coefficient (Wildman–Crippen LogP) is 1.36. The van der Waals surface area contributed by atoms with Crippen molar-refractivity contribution in [2.24, 2.45) is 5.92 Å². The molecule has 0 aromatic heterocycles. The van der Waals surface area contributed by atoms with Gasteiger partial charge in [-0.2, -0.15) is 0 Å². The molecule has 6 heteroatoms. The Kier molecular flexibility index (Phi) is 8.12. The summed E-state index contributed by atoms with van der Waals surface area (Å²) < 4.78 is 5.60. The molecule has 2 atom stereocenters. The summed E-state index contributed by atoms with van der Waals surface area (Å²) in [7, 11) is 1.64. The van der Waals surface area contributed by atoms with Crippen molar-refractivity contribution in [3.8, 4) is 0 Å². The van der Waals surface area contributed by atoms with Crippen molar-refractivity contribution in [3.63, 3.8) is 0 Å².